The molecule has 0 aromatic heterocycles. The minimum absolute atomic E-state index is 0.160. The zero-order valence-electron chi connectivity index (χ0n) is 9.37. The van der Waals surface area contributed by atoms with Crippen LogP contribution in [0.2, 0.25) is 0 Å². The number of carbonyl (C=O) groups is 3. The van der Waals surface area contributed by atoms with Crippen molar-refractivity contribution < 1.29 is 19.5 Å². The summed E-state index contributed by atoms with van der Waals surface area (Å²) in [6, 6.07) is -1.49. The van der Waals surface area contributed by atoms with Crippen molar-refractivity contribution in [3.05, 3.63) is 0 Å². The van der Waals surface area contributed by atoms with Crippen LogP contribution >= 0.6 is 0 Å². The van der Waals surface area contributed by atoms with Crippen molar-refractivity contribution in [2.45, 2.75) is 25.8 Å². The molecular formula is C9H17N3O4. The summed E-state index contributed by atoms with van der Waals surface area (Å²) < 4.78 is 0. The fourth-order valence-electron chi connectivity index (χ4n) is 0.962. The molecule has 0 heterocycles. The molecule has 0 aliphatic rings. The molecule has 0 radical (unpaired) electrons. The second-order valence-corrected chi connectivity index (χ2v) is 3.12. The normalized spacial score (nSPS) is 11.4. The first kappa shape index (κ1) is 14.2. The highest BCUT2D eigenvalue weighted by molar-refractivity contribution is 5.83. The minimum Gasteiger partial charge on any atom is -0.480 e. The van der Waals surface area contributed by atoms with Crippen LogP contribution < -0.4 is 16.0 Å². The lowest BCUT2D eigenvalue weighted by atomic mass is 10.2. The van der Waals surface area contributed by atoms with Crippen LogP contribution in [0.5, 0.6) is 0 Å². The maximum Gasteiger partial charge on any atom is 0.326 e. The average Bonchev–Trinajstić information content (AvgIpc) is 2.25. The van der Waals surface area contributed by atoms with Gasteiger partial charge in [0.25, 0.3) is 0 Å². The van der Waals surface area contributed by atoms with E-state index in [1.165, 1.54) is 7.05 Å². The first-order valence-electron chi connectivity index (χ1n) is 4.99. The summed E-state index contributed by atoms with van der Waals surface area (Å²) in [7, 11) is 1.50. The molecule has 1 atom stereocenters. The molecule has 0 aromatic rings. The van der Waals surface area contributed by atoms with E-state index in [2.05, 4.69) is 16.0 Å². The second-order valence-electron chi connectivity index (χ2n) is 3.12. The van der Waals surface area contributed by atoms with E-state index in [1.807, 2.05) is 0 Å². The van der Waals surface area contributed by atoms with E-state index in [0.717, 1.165) is 0 Å². The summed E-state index contributed by atoms with van der Waals surface area (Å²) in [6.07, 6.45) is 0.464. The molecule has 16 heavy (non-hydrogen) atoms. The van der Waals surface area contributed by atoms with Gasteiger partial charge in [-0.05, 0) is 6.42 Å². The van der Waals surface area contributed by atoms with E-state index >= 15 is 0 Å². The third kappa shape index (κ3) is 5.84. The Hall–Kier alpha value is -1.79. The van der Waals surface area contributed by atoms with E-state index in [9.17, 15) is 14.4 Å². The highest BCUT2D eigenvalue weighted by Crippen LogP contribution is 1.90. The largest absolute Gasteiger partial charge is 0.480 e. The lowest BCUT2D eigenvalue weighted by Crippen LogP contribution is -2.46. The van der Waals surface area contributed by atoms with Gasteiger partial charge in [-0.2, -0.15) is 0 Å². The lowest BCUT2D eigenvalue weighted by molar-refractivity contribution is -0.139. The van der Waals surface area contributed by atoms with Crippen molar-refractivity contribution in [3.63, 3.8) is 0 Å². The fraction of sp³-hybridized carbons (Fsp3) is 0.667. The second kappa shape index (κ2) is 7.49. The highest BCUT2D eigenvalue weighted by atomic mass is 16.4. The number of hydrogen-bond acceptors (Lipinski definition) is 3. The van der Waals surface area contributed by atoms with Crippen molar-refractivity contribution >= 4 is 17.9 Å². The van der Waals surface area contributed by atoms with Gasteiger partial charge in [-0.15, -0.1) is 0 Å². The molecule has 4 N–H and O–H groups in total. The molecular weight excluding hydrogens is 214 g/mol. The monoisotopic (exact) mass is 231 g/mol. The van der Waals surface area contributed by atoms with Crippen molar-refractivity contribution in [1.29, 1.82) is 0 Å². The van der Waals surface area contributed by atoms with E-state index < -0.39 is 18.0 Å². The van der Waals surface area contributed by atoms with Crippen LogP contribution in [0.1, 0.15) is 19.8 Å². The summed E-state index contributed by atoms with van der Waals surface area (Å²) in [5.41, 5.74) is 0. The molecule has 0 fully saturated rings. The molecule has 0 rings (SSSR count). The van der Waals surface area contributed by atoms with E-state index in [1.54, 1.807) is 6.92 Å². The number of carboxylic acids is 1. The molecule has 3 amide bonds. The third-order valence-corrected chi connectivity index (χ3v) is 1.93. The van der Waals surface area contributed by atoms with Gasteiger partial charge in [0.2, 0.25) is 5.91 Å². The van der Waals surface area contributed by atoms with Gasteiger partial charge in [0, 0.05) is 20.0 Å². The predicted octanol–water partition coefficient (Wildman–Crippen LogP) is -0.715. The van der Waals surface area contributed by atoms with Gasteiger partial charge in [-0.25, -0.2) is 9.59 Å². The highest BCUT2D eigenvalue weighted by Gasteiger charge is 2.16. The van der Waals surface area contributed by atoms with Gasteiger partial charge in [0.15, 0.2) is 0 Å². The van der Waals surface area contributed by atoms with Crippen LogP contribution in [0.15, 0.2) is 0 Å². The van der Waals surface area contributed by atoms with Gasteiger partial charge in [0.1, 0.15) is 6.04 Å². The van der Waals surface area contributed by atoms with Gasteiger partial charge in [-0.3, -0.25) is 4.79 Å². The molecule has 92 valence electrons. The summed E-state index contributed by atoms with van der Waals surface area (Å²) in [4.78, 5) is 32.6. The van der Waals surface area contributed by atoms with Crippen molar-refractivity contribution in [2.75, 3.05) is 13.6 Å². The zero-order valence-corrected chi connectivity index (χ0v) is 9.37. The van der Waals surface area contributed by atoms with Crippen LogP contribution in [0.3, 0.4) is 0 Å². The van der Waals surface area contributed by atoms with Gasteiger partial charge in [-0.1, -0.05) is 6.92 Å². The molecule has 0 bridgehead atoms. The van der Waals surface area contributed by atoms with Gasteiger partial charge in [0.05, 0.1) is 0 Å². The summed E-state index contributed by atoms with van der Waals surface area (Å²) >= 11 is 0. The maximum absolute atomic E-state index is 11.2. The number of hydrogen-bond donors (Lipinski definition) is 4. The number of nitrogens with one attached hydrogen (secondary N) is 3. The fourth-order valence-corrected chi connectivity index (χ4v) is 0.962. The Morgan fingerprint density at radius 3 is 2.38 bits per heavy atom. The molecule has 0 unspecified atom stereocenters. The number of rotatable bonds is 6. The van der Waals surface area contributed by atoms with E-state index in [4.69, 9.17) is 5.11 Å². The number of urea groups is 1. The molecule has 0 aliphatic heterocycles. The molecule has 0 saturated heterocycles. The predicted molar refractivity (Wildman–Crippen MR) is 56.9 cm³/mol. The van der Waals surface area contributed by atoms with Crippen molar-refractivity contribution in [2.24, 2.45) is 0 Å². The Labute approximate surface area is 93.6 Å². The Morgan fingerprint density at radius 1 is 1.31 bits per heavy atom. The number of carboxylic acid groups (broad SMARTS) is 1. The first-order valence-corrected chi connectivity index (χ1v) is 4.99. The minimum atomic E-state index is -1.08. The zero-order chi connectivity index (χ0) is 12.6. The molecule has 7 heteroatoms. The number of amides is 3. The molecule has 0 aromatic carbocycles. The summed E-state index contributed by atoms with van der Waals surface area (Å²) in [5, 5.41) is 15.7. The van der Waals surface area contributed by atoms with Crippen LogP contribution in [-0.2, 0) is 9.59 Å². The Kier molecular flexibility index (Phi) is 6.66. The van der Waals surface area contributed by atoms with Gasteiger partial charge >= 0.3 is 12.0 Å². The van der Waals surface area contributed by atoms with E-state index in [-0.39, 0.29) is 18.9 Å². The quantitative estimate of drug-likeness (QED) is 0.484. The van der Waals surface area contributed by atoms with Gasteiger partial charge < -0.3 is 21.1 Å². The van der Waals surface area contributed by atoms with Crippen LogP contribution in [0.4, 0.5) is 4.79 Å². The molecule has 0 aliphatic carbocycles. The molecule has 7 nitrogen and oxygen atoms in total. The van der Waals surface area contributed by atoms with E-state index in [0.29, 0.717) is 6.42 Å². The van der Waals surface area contributed by atoms with Crippen LogP contribution in [0.25, 0.3) is 0 Å². The van der Waals surface area contributed by atoms with Crippen molar-refractivity contribution in [3.8, 4) is 0 Å². The molecule has 0 saturated carbocycles. The standard InChI is InChI=1S/C9H17N3O4/c1-3-6(8(14)15)12-9(16)11-5-4-7(13)10-2/h6H,3-5H2,1-2H3,(H,10,13)(H,14,15)(H2,11,12,16)/t6-/m0/s1. The van der Waals surface area contributed by atoms with Crippen LogP contribution in [0, 0.1) is 0 Å². The molecule has 0 spiro atoms. The Balaban J connectivity index is 3.81. The Morgan fingerprint density at radius 2 is 1.94 bits per heavy atom. The Bertz CT molecular complexity index is 267. The topological polar surface area (TPSA) is 108 Å². The smallest absolute Gasteiger partial charge is 0.326 e. The first-order chi connectivity index (χ1) is 7.51. The van der Waals surface area contributed by atoms with Crippen LogP contribution in [-0.4, -0.2) is 42.6 Å². The number of aliphatic carboxylic acids is 1. The third-order valence-electron chi connectivity index (χ3n) is 1.93. The van der Waals surface area contributed by atoms with Crippen molar-refractivity contribution in [1.82, 2.24) is 16.0 Å². The SMILES string of the molecule is CC[C@H](NC(=O)NCCC(=O)NC)C(=O)O. The maximum atomic E-state index is 11.2. The lowest BCUT2D eigenvalue weighted by Gasteiger charge is -2.12. The average molecular weight is 231 g/mol. The summed E-state index contributed by atoms with van der Waals surface area (Å²) in [6.45, 7) is 1.82. The summed E-state index contributed by atoms with van der Waals surface area (Å²) in [5.74, 6) is -1.27. The number of carbonyl (C=O) groups excluding carboxylic acids is 2.